The van der Waals surface area contributed by atoms with E-state index in [1.807, 2.05) is 92.1 Å². The maximum atomic E-state index is 14.8. The van der Waals surface area contributed by atoms with Crippen LogP contribution >= 0.6 is 0 Å². The molecule has 2 aromatic carbocycles. The summed E-state index contributed by atoms with van der Waals surface area (Å²) in [5, 5.41) is 60.4. The van der Waals surface area contributed by atoms with Gasteiger partial charge in [-0.3, -0.25) is 24.0 Å². The van der Waals surface area contributed by atoms with Gasteiger partial charge in [-0.25, -0.2) is 39.4 Å². The number of nitrogens with two attached hydrogens (primary N) is 2. The number of carbonyl (C=O) groups is 6. The smallest absolute Gasteiger partial charge is 0.329 e. The van der Waals surface area contributed by atoms with Gasteiger partial charge in [-0.15, -0.1) is 0 Å². The second-order valence-corrected chi connectivity index (χ2v) is 37.0. The fourth-order valence-corrected chi connectivity index (χ4v) is 19.7. The predicted molar refractivity (Wildman–Crippen MR) is 493 cm³/mol. The molecule has 10 heterocycles. The van der Waals surface area contributed by atoms with Crippen molar-refractivity contribution in [2.24, 2.45) is 46.6 Å². The third-order valence-electron chi connectivity index (χ3n) is 27.6. The molecule has 7 aromatic rings. The zero-order valence-electron chi connectivity index (χ0n) is 77.4. The van der Waals surface area contributed by atoms with E-state index in [1.165, 1.54) is 18.3 Å². The number of carbonyl (C=O) groups excluding carboxylic acids is 6. The Morgan fingerprint density at radius 1 is 0.758 bits per heavy atom. The monoisotopic (exact) mass is 1820 g/mol. The van der Waals surface area contributed by atoms with Gasteiger partial charge in [0.1, 0.15) is 53.5 Å². The topological polar surface area (TPSA) is 459 Å². The molecule has 710 valence electrons. The molecule has 0 spiro atoms. The number of allylic oxidation sites excluding steroid dienone is 5. The van der Waals surface area contributed by atoms with Crippen molar-refractivity contribution in [3.8, 4) is 11.3 Å². The molecular formula is C97H129N17O18. The summed E-state index contributed by atoms with van der Waals surface area (Å²) in [4.78, 5) is 130. The minimum absolute atomic E-state index is 0.0406. The second-order valence-electron chi connectivity index (χ2n) is 37.0. The minimum atomic E-state index is -2.47. The average molecular weight is 1820 g/mol. The van der Waals surface area contributed by atoms with Crippen LogP contribution in [-0.4, -0.2) is 263 Å². The molecule has 1 unspecified atom stereocenters. The number of esters is 1. The van der Waals surface area contributed by atoms with Crippen molar-refractivity contribution in [3.63, 3.8) is 0 Å². The Bertz CT molecular complexity index is 5380. The molecule has 7 aliphatic rings. The van der Waals surface area contributed by atoms with Crippen LogP contribution in [0.15, 0.2) is 118 Å². The average Bonchev–Trinajstić information content (AvgIpc) is 1.49. The largest absolute Gasteiger partial charge is 0.460 e. The van der Waals surface area contributed by atoms with E-state index >= 15 is 0 Å². The number of aromatic nitrogens is 9. The van der Waals surface area contributed by atoms with Crippen molar-refractivity contribution in [1.29, 1.82) is 0 Å². The number of benzene rings is 2. The normalized spacial score (nSPS) is 29.0. The number of anilines is 4. The van der Waals surface area contributed by atoms with E-state index in [0.717, 1.165) is 39.1 Å². The van der Waals surface area contributed by atoms with E-state index in [2.05, 4.69) is 57.3 Å². The van der Waals surface area contributed by atoms with Crippen LogP contribution in [0.5, 0.6) is 0 Å². The van der Waals surface area contributed by atoms with Gasteiger partial charge in [0.15, 0.2) is 17.8 Å². The fourth-order valence-electron chi connectivity index (χ4n) is 19.7. The highest BCUT2D eigenvalue weighted by Gasteiger charge is 2.53. The highest BCUT2D eigenvalue weighted by molar-refractivity contribution is 6.39. The molecule has 17 atom stereocenters. The summed E-state index contributed by atoms with van der Waals surface area (Å²) in [6, 6.07) is 10.7. The molecule has 4 fully saturated rings. The van der Waals surface area contributed by atoms with Gasteiger partial charge in [0, 0.05) is 146 Å². The number of piperidine rings is 1. The van der Waals surface area contributed by atoms with Gasteiger partial charge in [-0.2, -0.15) is 10.1 Å². The van der Waals surface area contributed by atoms with Crippen molar-refractivity contribution < 1.29 is 86.9 Å². The van der Waals surface area contributed by atoms with Crippen LogP contribution in [0.4, 0.5) is 23.7 Å². The number of ketones is 2. The van der Waals surface area contributed by atoms with Crippen LogP contribution in [0.25, 0.3) is 33.4 Å². The molecule has 14 rings (SSSR count). The third kappa shape index (κ3) is 23.3. The first kappa shape index (κ1) is 97.1. The van der Waals surface area contributed by atoms with Crippen LogP contribution in [0.1, 0.15) is 177 Å². The van der Waals surface area contributed by atoms with Gasteiger partial charge in [-0.1, -0.05) is 94.4 Å². The molecule has 0 radical (unpaired) electrons. The molecule has 35 nitrogen and oxygen atoms in total. The summed E-state index contributed by atoms with van der Waals surface area (Å²) in [5.41, 5.74) is 22.5. The Labute approximate surface area is 769 Å². The third-order valence-corrected chi connectivity index (χ3v) is 27.6. The standard InChI is InChI=1S/C97H129N17O18/c1-56-16-12-11-13-17-57(2)79(125-8)47-71-25-19-62(7)97(124,132-71)88(120)92(122)113-32-15-14-18-74(113)93(123)130-80(59(4)42-63-21-27-76(116)81(44-63)126-9)48-77(117)58(3)41-61(6)86(119)87(127-10)84(60(5)40-56)109-129-54-82(118)100-31-39-128-38-30-75(115)66-23-26-72-69(45-66)49-103-96(107-72)111-36-34-110(35-37-111)95-101-50-70(51-102-95)91(121)112-33-29-65-43-64(20-22-68(65)53-112)52-114-90-83(89(98)104-55-105-90)85(108-114)67-24-28-78-73(46-67)106-94(99)131-78/h11-13,16-17,20,22,24,28,41,43,46,49-51,55-56,58-60,62-63,66,71,74,76-77,79-81,86-87,116-117,119,124H,14-15,18-19,21,23,25-27,29-40,42,44-45,47-48,52-54H2,1-10H3,(H2,99,106)(H,100,118)(H2,98,104,105)/b13-11+,16-12+,57-17+,61-41+,109-84?/t56-,58-,59-,60-,62-,63+,66?,71+,74+,76-,77-,79+,80+,81-,86-,87+,97-/m1/s1. The first-order chi connectivity index (χ1) is 63.5. The molecule has 1 saturated carbocycles. The number of nitrogens with one attached hydrogen (secondary N) is 1. The number of aliphatic hydroxyl groups excluding tert-OH is 3. The van der Waals surface area contributed by atoms with Gasteiger partial charge >= 0.3 is 5.97 Å². The number of amides is 3. The molecule has 35 heteroatoms. The molecular weight excluding hydrogens is 1690 g/mol. The van der Waals surface area contributed by atoms with Crippen molar-refractivity contribution in [1.82, 2.24) is 59.8 Å². The lowest BCUT2D eigenvalue weighted by atomic mass is 9.78. The Kier molecular flexibility index (Phi) is 32.6. The molecule has 9 N–H and O–H groups in total. The Morgan fingerprint density at radius 3 is 2.31 bits per heavy atom. The number of oxime groups is 1. The molecule has 5 aromatic heterocycles. The number of cyclic esters (lactones) is 1. The number of ether oxygens (including phenoxy) is 6. The Hall–Kier alpha value is -10.9. The van der Waals surface area contributed by atoms with Gasteiger partial charge < -0.3 is 94.5 Å². The van der Waals surface area contributed by atoms with Crippen LogP contribution < -0.4 is 26.6 Å². The summed E-state index contributed by atoms with van der Waals surface area (Å²) >= 11 is 0. The van der Waals surface area contributed by atoms with E-state index in [0.29, 0.717) is 192 Å². The number of nitrogens with zero attached hydrogens (tertiary/aromatic N) is 14. The summed E-state index contributed by atoms with van der Waals surface area (Å²) in [6.45, 7) is 16.9. The summed E-state index contributed by atoms with van der Waals surface area (Å²) in [7, 11) is 4.59. The lowest BCUT2D eigenvalue weighted by Crippen LogP contribution is -2.61. The van der Waals surface area contributed by atoms with E-state index in [9.17, 15) is 49.2 Å². The summed E-state index contributed by atoms with van der Waals surface area (Å²) < 4.78 is 43.6. The zero-order valence-corrected chi connectivity index (χ0v) is 77.4. The van der Waals surface area contributed by atoms with Crippen molar-refractivity contribution >= 4 is 86.8 Å². The number of aliphatic hydroxyl groups is 4. The summed E-state index contributed by atoms with van der Waals surface area (Å²) in [6.07, 6.45) is 19.2. The van der Waals surface area contributed by atoms with Crippen molar-refractivity contribution in [3.05, 3.63) is 142 Å². The quantitative estimate of drug-likeness (QED) is 0.0109. The number of nitrogen functional groups attached to an aromatic ring is 2. The number of fused-ring (bicyclic) bond motifs is 7. The fraction of sp³-hybridized carbons (Fsp3) is 0.577. The van der Waals surface area contributed by atoms with E-state index in [-0.39, 0.29) is 105 Å². The number of methoxy groups -OCH3 is 3. The Morgan fingerprint density at radius 2 is 1.54 bits per heavy atom. The van der Waals surface area contributed by atoms with Crippen molar-refractivity contribution in [2.75, 3.05) is 108 Å². The summed E-state index contributed by atoms with van der Waals surface area (Å²) in [5.74, 6) is -6.76. The molecule has 3 amide bonds. The maximum absolute atomic E-state index is 14.8. The molecule has 5 aliphatic heterocycles. The van der Waals surface area contributed by atoms with Crippen LogP contribution in [0.3, 0.4) is 0 Å². The van der Waals surface area contributed by atoms with Crippen molar-refractivity contribution in [2.45, 2.75) is 231 Å². The SMILES string of the molecule is CO[C@H]1C[C@@H]2CC[C@@H](C)[C@@](O)(O2)C(=O)C(=O)N2CCCC[C@H]2C(=O)O[C@H]([C@H](C)C[C@@H]2CC[C@@H](O)[C@H](OC)C2)C[C@@H](O)[C@H](C)/C=C(\C)[C@@H](O)[C@@H](OC)C(=NOCC(=O)NCCOCCC(=O)C2CCc3nc(N4CCN(c5ncc(C(=O)N6CCc7cc(Cn8nc(-c9ccc%10oc(N)nc%10c9)c9c(N)ncnc98)ccc7C6)cn5)CC4)ncc3C2)[C@H](C)C[C@H](C)/C=C/C=C/C=C/1C. The second kappa shape index (κ2) is 44.3. The number of oxazole rings is 1. The van der Waals surface area contributed by atoms with E-state index in [4.69, 9.17) is 64.2 Å². The van der Waals surface area contributed by atoms with Gasteiger partial charge in [-0.05, 0) is 173 Å². The minimum Gasteiger partial charge on any atom is -0.460 e. The number of aryl methyl sites for hydroxylation is 1. The lowest BCUT2D eigenvalue weighted by molar-refractivity contribution is -0.265. The maximum Gasteiger partial charge on any atom is 0.329 e. The van der Waals surface area contributed by atoms with Gasteiger partial charge in [0.05, 0.1) is 66.9 Å². The van der Waals surface area contributed by atoms with Crippen LogP contribution in [-0.2, 0) is 89.6 Å². The zero-order chi connectivity index (χ0) is 93.6. The molecule has 3 saturated heterocycles. The van der Waals surface area contributed by atoms with E-state index < -0.39 is 96.6 Å². The number of Topliss-reactive ketones (excluding diaryl/α,β-unsaturated/α-hetero) is 2. The van der Waals surface area contributed by atoms with Crippen LogP contribution in [0, 0.1) is 41.4 Å². The van der Waals surface area contributed by atoms with E-state index in [1.54, 1.807) is 59.5 Å². The van der Waals surface area contributed by atoms with Crippen LogP contribution in [0.2, 0.25) is 0 Å². The first-order valence-electron chi connectivity index (χ1n) is 46.6. The number of hydrogen-bond acceptors (Lipinski definition) is 31. The lowest BCUT2D eigenvalue weighted by Gasteiger charge is -2.43. The molecule has 2 bridgehead atoms. The number of piperazine rings is 1. The highest BCUT2D eigenvalue weighted by Crippen LogP contribution is 2.41. The Balaban J connectivity index is 0.543. The molecule has 2 aliphatic carbocycles. The number of hydrogen-bond donors (Lipinski definition) is 7. The first-order valence-corrected chi connectivity index (χ1v) is 46.6. The molecule has 132 heavy (non-hydrogen) atoms. The predicted octanol–water partition coefficient (Wildman–Crippen LogP) is 8.94. The van der Waals surface area contributed by atoms with Gasteiger partial charge in [0.2, 0.25) is 17.7 Å². The van der Waals surface area contributed by atoms with Gasteiger partial charge in [0.25, 0.3) is 29.5 Å². The number of rotatable bonds is 22. The highest BCUT2D eigenvalue weighted by atomic mass is 16.6.